The predicted octanol–water partition coefficient (Wildman–Crippen LogP) is 2.32. The van der Waals surface area contributed by atoms with Gasteiger partial charge in [0.05, 0.1) is 27.8 Å². The van der Waals surface area contributed by atoms with E-state index in [-0.39, 0.29) is 21.5 Å². The van der Waals surface area contributed by atoms with Crippen LogP contribution in [0.4, 0.5) is 5.00 Å². The van der Waals surface area contributed by atoms with Crippen molar-refractivity contribution in [1.29, 1.82) is 0 Å². The van der Waals surface area contributed by atoms with Gasteiger partial charge in [-0.25, -0.2) is 4.79 Å². The van der Waals surface area contributed by atoms with Crippen molar-refractivity contribution >= 4 is 34.1 Å². The summed E-state index contributed by atoms with van der Waals surface area (Å²) in [6, 6.07) is 0. The van der Waals surface area contributed by atoms with Crippen LogP contribution in [0.15, 0.2) is 0 Å². The minimum Gasteiger partial charge on any atom is -0.459 e. The van der Waals surface area contributed by atoms with Crippen LogP contribution in [0.1, 0.15) is 61.2 Å². The lowest BCUT2D eigenvalue weighted by Crippen LogP contribution is -2.18. The van der Waals surface area contributed by atoms with E-state index in [1.54, 1.807) is 46.3 Å². The molecule has 0 saturated heterocycles. The molecule has 2 aromatic heterocycles. The molecule has 0 bridgehead atoms. The Bertz CT molecular complexity index is 895. The molecule has 0 aliphatic carbocycles. The highest BCUT2D eigenvalue weighted by Gasteiger charge is 2.27. The van der Waals surface area contributed by atoms with Crippen LogP contribution in [0.3, 0.4) is 0 Å². The van der Waals surface area contributed by atoms with Crippen LogP contribution < -0.4 is 11.1 Å². The van der Waals surface area contributed by atoms with Crippen molar-refractivity contribution in [1.82, 2.24) is 9.78 Å². The number of nitrogens with zero attached hydrogens (tertiary/aromatic N) is 2. The standard InChI is InChI=1S/C17H22N4O4S/c1-7(2)25-17(24)11-8(3)13(14(18)22)26-16(11)19-15(23)12-9(4)20-21(6)10(12)5/h7H,1-6H3,(H2,18,22)(H,19,23). The van der Waals surface area contributed by atoms with Crippen LogP contribution in [-0.2, 0) is 11.8 Å². The highest BCUT2D eigenvalue weighted by Crippen LogP contribution is 2.34. The number of nitrogens with two attached hydrogens (primary N) is 1. The normalized spacial score (nSPS) is 10.9. The molecule has 0 aliphatic heterocycles. The van der Waals surface area contributed by atoms with Crippen molar-refractivity contribution in [2.75, 3.05) is 5.32 Å². The van der Waals surface area contributed by atoms with E-state index in [0.29, 0.717) is 22.5 Å². The average molecular weight is 378 g/mol. The summed E-state index contributed by atoms with van der Waals surface area (Å²) in [6.07, 6.45) is -0.342. The second-order valence-electron chi connectivity index (χ2n) is 6.20. The lowest BCUT2D eigenvalue weighted by Gasteiger charge is -2.10. The molecule has 0 unspecified atom stereocenters. The SMILES string of the molecule is Cc1nn(C)c(C)c1C(=O)Nc1sc(C(N)=O)c(C)c1C(=O)OC(C)C. The zero-order valence-corrected chi connectivity index (χ0v) is 16.4. The average Bonchev–Trinajstić information content (AvgIpc) is 2.95. The molecule has 0 spiro atoms. The lowest BCUT2D eigenvalue weighted by atomic mass is 10.1. The van der Waals surface area contributed by atoms with Gasteiger partial charge in [0.1, 0.15) is 5.00 Å². The van der Waals surface area contributed by atoms with Gasteiger partial charge >= 0.3 is 5.97 Å². The predicted molar refractivity (Wildman–Crippen MR) is 98.8 cm³/mol. The number of esters is 1. The second kappa shape index (κ2) is 7.28. The Labute approximate surface area is 155 Å². The van der Waals surface area contributed by atoms with Crippen LogP contribution in [0.5, 0.6) is 0 Å². The van der Waals surface area contributed by atoms with Crippen LogP contribution >= 0.6 is 11.3 Å². The highest BCUT2D eigenvalue weighted by molar-refractivity contribution is 7.18. The molecule has 9 heteroatoms. The number of amides is 2. The molecule has 0 aliphatic rings. The Balaban J connectivity index is 2.48. The summed E-state index contributed by atoms with van der Waals surface area (Å²) in [5.74, 6) is -1.69. The van der Waals surface area contributed by atoms with E-state index in [9.17, 15) is 14.4 Å². The molecule has 0 aromatic carbocycles. The third-order valence-electron chi connectivity index (χ3n) is 3.88. The minimum atomic E-state index is -0.666. The summed E-state index contributed by atoms with van der Waals surface area (Å²) in [7, 11) is 1.74. The third kappa shape index (κ3) is 3.62. The van der Waals surface area contributed by atoms with Crippen molar-refractivity contribution in [2.45, 2.75) is 40.7 Å². The van der Waals surface area contributed by atoms with E-state index in [0.717, 1.165) is 11.3 Å². The number of hydrogen-bond donors (Lipinski definition) is 2. The molecule has 2 rings (SSSR count). The first-order valence-corrected chi connectivity index (χ1v) is 8.81. The maximum absolute atomic E-state index is 12.7. The number of aromatic nitrogens is 2. The summed E-state index contributed by atoms with van der Waals surface area (Å²) < 4.78 is 6.84. The van der Waals surface area contributed by atoms with Gasteiger partial charge in [-0.05, 0) is 40.2 Å². The fraction of sp³-hybridized carbons (Fsp3) is 0.412. The van der Waals surface area contributed by atoms with Gasteiger partial charge in [-0.3, -0.25) is 14.3 Å². The largest absolute Gasteiger partial charge is 0.459 e. The molecule has 0 saturated carbocycles. The maximum Gasteiger partial charge on any atom is 0.341 e. The zero-order valence-electron chi connectivity index (χ0n) is 15.6. The van der Waals surface area contributed by atoms with Gasteiger partial charge < -0.3 is 15.8 Å². The van der Waals surface area contributed by atoms with Crippen LogP contribution in [0, 0.1) is 20.8 Å². The van der Waals surface area contributed by atoms with Crippen LogP contribution in [0.25, 0.3) is 0 Å². The van der Waals surface area contributed by atoms with Crippen molar-refractivity contribution in [3.05, 3.63) is 33.0 Å². The van der Waals surface area contributed by atoms with Crippen LogP contribution in [0.2, 0.25) is 0 Å². The number of primary amides is 1. The Kier molecular flexibility index (Phi) is 5.50. The molecule has 0 radical (unpaired) electrons. The number of carbonyl (C=O) groups is 3. The number of ether oxygens (including phenoxy) is 1. The topological polar surface area (TPSA) is 116 Å². The Morgan fingerprint density at radius 2 is 1.81 bits per heavy atom. The van der Waals surface area contributed by atoms with Crippen molar-refractivity contribution in [3.8, 4) is 0 Å². The molecule has 0 fully saturated rings. The molecule has 2 aromatic rings. The number of nitrogens with one attached hydrogen (secondary N) is 1. The molecule has 2 amide bonds. The Hall–Kier alpha value is -2.68. The minimum absolute atomic E-state index is 0.144. The first-order chi connectivity index (χ1) is 12.0. The van der Waals surface area contributed by atoms with Gasteiger partial charge in [-0.15, -0.1) is 11.3 Å². The Morgan fingerprint density at radius 3 is 2.27 bits per heavy atom. The van der Waals surface area contributed by atoms with E-state index < -0.39 is 17.8 Å². The van der Waals surface area contributed by atoms with Crippen LogP contribution in [-0.4, -0.2) is 33.7 Å². The summed E-state index contributed by atoms with van der Waals surface area (Å²) >= 11 is 0.957. The quantitative estimate of drug-likeness (QED) is 0.775. The molecule has 8 nitrogen and oxygen atoms in total. The van der Waals surface area contributed by atoms with Crippen molar-refractivity contribution in [2.24, 2.45) is 12.8 Å². The highest BCUT2D eigenvalue weighted by atomic mass is 32.1. The maximum atomic E-state index is 12.7. The molecule has 2 heterocycles. The van der Waals surface area contributed by atoms with Gasteiger partial charge in [-0.1, -0.05) is 0 Å². The van der Waals surface area contributed by atoms with E-state index in [4.69, 9.17) is 10.5 Å². The summed E-state index contributed by atoms with van der Waals surface area (Å²) in [6.45, 7) is 8.54. The van der Waals surface area contributed by atoms with E-state index >= 15 is 0 Å². The molecular formula is C17H22N4O4S. The van der Waals surface area contributed by atoms with E-state index in [1.165, 1.54) is 0 Å². The van der Waals surface area contributed by atoms with Crippen molar-refractivity contribution < 1.29 is 19.1 Å². The number of aryl methyl sites for hydroxylation is 2. The number of hydrogen-bond acceptors (Lipinski definition) is 6. The fourth-order valence-corrected chi connectivity index (χ4v) is 3.67. The summed E-state index contributed by atoms with van der Waals surface area (Å²) in [4.78, 5) is 37.0. The van der Waals surface area contributed by atoms with Crippen molar-refractivity contribution in [3.63, 3.8) is 0 Å². The summed E-state index contributed by atoms with van der Waals surface area (Å²) in [5.41, 5.74) is 7.60. The number of rotatable bonds is 5. The monoisotopic (exact) mass is 378 g/mol. The summed E-state index contributed by atoms with van der Waals surface area (Å²) in [5, 5.41) is 7.16. The van der Waals surface area contributed by atoms with E-state index in [2.05, 4.69) is 10.4 Å². The third-order valence-corrected chi connectivity index (χ3v) is 5.10. The lowest BCUT2D eigenvalue weighted by molar-refractivity contribution is 0.0379. The number of anilines is 1. The zero-order chi connectivity index (χ0) is 19.8. The molecule has 3 N–H and O–H groups in total. The van der Waals surface area contributed by atoms with E-state index in [1.807, 2.05) is 0 Å². The van der Waals surface area contributed by atoms with Gasteiger partial charge in [0.2, 0.25) is 0 Å². The molecule has 0 atom stereocenters. The molecular weight excluding hydrogens is 356 g/mol. The number of thiophene rings is 1. The fourth-order valence-electron chi connectivity index (χ4n) is 2.62. The first kappa shape index (κ1) is 19.6. The molecule has 26 heavy (non-hydrogen) atoms. The van der Waals surface area contributed by atoms with Gasteiger partial charge in [0, 0.05) is 12.7 Å². The number of carbonyl (C=O) groups excluding carboxylic acids is 3. The first-order valence-electron chi connectivity index (χ1n) is 8.00. The van der Waals surface area contributed by atoms with Gasteiger partial charge in [-0.2, -0.15) is 5.10 Å². The smallest absolute Gasteiger partial charge is 0.341 e. The molecule has 140 valence electrons. The second-order valence-corrected chi connectivity index (χ2v) is 7.22. The Morgan fingerprint density at radius 1 is 1.19 bits per heavy atom. The van der Waals surface area contributed by atoms with Gasteiger partial charge in [0.25, 0.3) is 11.8 Å². The van der Waals surface area contributed by atoms with Gasteiger partial charge in [0.15, 0.2) is 0 Å².